The normalized spacial score (nSPS) is 9.90. The van der Waals surface area contributed by atoms with Crippen LogP contribution in [0.3, 0.4) is 0 Å². The van der Waals surface area contributed by atoms with Crippen LogP contribution in [0.2, 0.25) is 10.2 Å². The van der Waals surface area contributed by atoms with E-state index in [0.717, 1.165) is 0 Å². The van der Waals surface area contributed by atoms with Gasteiger partial charge >= 0.3 is 0 Å². The van der Waals surface area contributed by atoms with Crippen molar-refractivity contribution in [3.8, 4) is 0 Å². The summed E-state index contributed by atoms with van der Waals surface area (Å²) in [6.45, 7) is 0. The molecule has 54 valence electrons. The van der Waals surface area contributed by atoms with Gasteiger partial charge in [-0.2, -0.15) is 0 Å². The fourth-order valence-electron chi connectivity index (χ4n) is 0.476. The van der Waals surface area contributed by atoms with E-state index in [1.807, 2.05) is 6.26 Å². The molecule has 0 radical (unpaired) electrons. The zero-order valence-electron chi connectivity index (χ0n) is 5.14. The summed E-state index contributed by atoms with van der Waals surface area (Å²) >= 11 is 12.8. The first-order chi connectivity index (χ1) is 4.75. The Kier molecular flexibility index (Phi) is 2.77. The molecule has 0 saturated heterocycles. The number of hydrogen-bond donors (Lipinski definition) is 0. The van der Waals surface area contributed by atoms with Crippen LogP contribution in [0.4, 0.5) is 0 Å². The second-order valence-electron chi connectivity index (χ2n) is 1.49. The first-order valence-corrected chi connectivity index (χ1v) is 4.43. The van der Waals surface area contributed by atoms with Gasteiger partial charge in [0.05, 0.1) is 0 Å². The lowest BCUT2D eigenvalue weighted by Gasteiger charge is -1.97. The van der Waals surface area contributed by atoms with Gasteiger partial charge in [-0.05, 0) is 6.26 Å². The van der Waals surface area contributed by atoms with Crippen LogP contribution in [0.15, 0.2) is 11.4 Å². The molecule has 1 rings (SSSR count). The summed E-state index contributed by atoms with van der Waals surface area (Å²) in [6, 6.07) is 0. The highest BCUT2D eigenvalue weighted by atomic mass is 35.5. The Bertz CT molecular complexity index is 241. The first-order valence-electron chi connectivity index (χ1n) is 2.45. The van der Waals surface area contributed by atoms with Crippen molar-refractivity contribution < 1.29 is 0 Å². The molecule has 0 N–H and O–H groups in total. The molecule has 0 aliphatic rings. The summed E-state index contributed by atoms with van der Waals surface area (Å²) in [4.78, 5) is 7.59. The third-order valence-electron chi connectivity index (χ3n) is 0.908. The average molecular weight is 195 g/mol. The van der Waals surface area contributed by atoms with Gasteiger partial charge in [0.15, 0.2) is 5.15 Å². The van der Waals surface area contributed by atoms with Gasteiger partial charge in [-0.1, -0.05) is 23.2 Å². The largest absolute Gasteiger partial charge is 0.228 e. The molecule has 0 bridgehead atoms. The molecule has 0 aliphatic carbocycles. The fourth-order valence-corrected chi connectivity index (χ4v) is 1.42. The zero-order valence-corrected chi connectivity index (χ0v) is 7.46. The molecule has 0 amide bonds. The second kappa shape index (κ2) is 3.42. The van der Waals surface area contributed by atoms with Crippen LogP contribution in [0.5, 0.6) is 0 Å². The molecule has 0 saturated carbocycles. The van der Waals surface area contributed by atoms with E-state index in [1.54, 1.807) is 0 Å². The van der Waals surface area contributed by atoms with Crippen molar-refractivity contribution in [3.63, 3.8) is 0 Å². The van der Waals surface area contributed by atoms with E-state index in [2.05, 4.69) is 9.97 Å². The molecular formula is C5H4Cl2N2S. The lowest BCUT2D eigenvalue weighted by molar-refractivity contribution is 1.05. The van der Waals surface area contributed by atoms with Crippen molar-refractivity contribution in [2.24, 2.45) is 0 Å². The summed E-state index contributed by atoms with van der Waals surface area (Å²) in [7, 11) is 0. The van der Waals surface area contributed by atoms with Gasteiger partial charge in [0.1, 0.15) is 16.4 Å². The maximum atomic E-state index is 5.72. The van der Waals surface area contributed by atoms with Crippen LogP contribution in [0, 0.1) is 0 Å². The summed E-state index contributed by atoms with van der Waals surface area (Å²) < 4.78 is 0. The number of rotatable bonds is 1. The molecule has 0 atom stereocenters. The highest BCUT2D eigenvalue weighted by molar-refractivity contribution is 7.98. The van der Waals surface area contributed by atoms with Gasteiger partial charge in [-0.3, -0.25) is 0 Å². The molecule has 0 spiro atoms. The average Bonchev–Trinajstić information content (AvgIpc) is 1.95. The topological polar surface area (TPSA) is 25.8 Å². The number of halogens is 2. The quantitative estimate of drug-likeness (QED) is 0.508. The summed E-state index contributed by atoms with van der Waals surface area (Å²) in [6.07, 6.45) is 3.27. The predicted molar refractivity (Wildman–Crippen MR) is 43.8 cm³/mol. The van der Waals surface area contributed by atoms with Crippen LogP contribution in [-0.4, -0.2) is 16.2 Å². The third kappa shape index (κ3) is 1.54. The van der Waals surface area contributed by atoms with Gasteiger partial charge in [-0.15, -0.1) is 11.8 Å². The van der Waals surface area contributed by atoms with Gasteiger partial charge in [0, 0.05) is 0 Å². The van der Waals surface area contributed by atoms with Crippen LogP contribution >= 0.6 is 35.0 Å². The minimum atomic E-state index is 0.306. The molecule has 0 unspecified atom stereocenters. The Morgan fingerprint density at radius 2 is 2.10 bits per heavy atom. The molecule has 10 heavy (non-hydrogen) atoms. The molecule has 1 aromatic heterocycles. The van der Waals surface area contributed by atoms with Crippen molar-refractivity contribution >= 4 is 35.0 Å². The zero-order chi connectivity index (χ0) is 7.56. The Morgan fingerprint density at radius 3 is 2.60 bits per heavy atom. The Balaban J connectivity index is 3.14. The number of hydrogen-bond acceptors (Lipinski definition) is 3. The third-order valence-corrected chi connectivity index (χ3v) is 2.46. The summed E-state index contributed by atoms with van der Waals surface area (Å²) in [5, 5.41) is 1.44. The number of nitrogens with zero attached hydrogens (tertiary/aromatic N) is 2. The molecule has 0 fully saturated rings. The van der Waals surface area contributed by atoms with E-state index in [0.29, 0.717) is 15.2 Å². The minimum absolute atomic E-state index is 0.306. The van der Waals surface area contributed by atoms with E-state index in [1.165, 1.54) is 18.1 Å². The Morgan fingerprint density at radius 1 is 1.40 bits per heavy atom. The van der Waals surface area contributed by atoms with E-state index in [-0.39, 0.29) is 0 Å². The first kappa shape index (κ1) is 8.11. The predicted octanol–water partition coefficient (Wildman–Crippen LogP) is 2.51. The van der Waals surface area contributed by atoms with Gasteiger partial charge in [0.2, 0.25) is 0 Å². The number of thioether (sulfide) groups is 1. The maximum absolute atomic E-state index is 5.72. The lowest BCUT2D eigenvalue weighted by Crippen LogP contribution is -1.84. The molecule has 5 heteroatoms. The maximum Gasteiger partial charge on any atom is 0.152 e. The Labute approximate surface area is 73.0 Å². The van der Waals surface area contributed by atoms with Crippen molar-refractivity contribution in [3.05, 3.63) is 16.5 Å². The molecular weight excluding hydrogens is 191 g/mol. The summed E-state index contributed by atoms with van der Waals surface area (Å²) in [5.41, 5.74) is 0. The number of aromatic nitrogens is 2. The molecule has 1 heterocycles. The highest BCUT2D eigenvalue weighted by Crippen LogP contribution is 2.27. The molecule has 2 nitrogen and oxygen atoms in total. The van der Waals surface area contributed by atoms with Crippen LogP contribution < -0.4 is 0 Å². The molecule has 1 aromatic rings. The lowest BCUT2D eigenvalue weighted by atomic mass is 10.7. The standard InChI is InChI=1S/C5H4Cl2N2S/c1-10-5-3(6)4(7)8-2-9-5/h2H,1H3. The van der Waals surface area contributed by atoms with Gasteiger partial charge < -0.3 is 0 Å². The van der Waals surface area contributed by atoms with Gasteiger partial charge in [0.25, 0.3) is 0 Å². The monoisotopic (exact) mass is 194 g/mol. The Hall–Kier alpha value is 0.01000. The van der Waals surface area contributed by atoms with Gasteiger partial charge in [-0.25, -0.2) is 9.97 Å². The fraction of sp³-hybridized carbons (Fsp3) is 0.200. The SMILES string of the molecule is CSc1ncnc(Cl)c1Cl. The van der Waals surface area contributed by atoms with Crippen molar-refractivity contribution in [2.75, 3.05) is 6.26 Å². The minimum Gasteiger partial charge on any atom is -0.228 e. The second-order valence-corrected chi connectivity index (χ2v) is 3.02. The van der Waals surface area contributed by atoms with Crippen molar-refractivity contribution in [2.45, 2.75) is 5.03 Å². The van der Waals surface area contributed by atoms with Crippen LogP contribution in [0.25, 0.3) is 0 Å². The smallest absolute Gasteiger partial charge is 0.152 e. The summed E-state index contributed by atoms with van der Waals surface area (Å²) in [5.74, 6) is 0. The van der Waals surface area contributed by atoms with E-state index >= 15 is 0 Å². The van der Waals surface area contributed by atoms with Crippen molar-refractivity contribution in [1.82, 2.24) is 9.97 Å². The van der Waals surface area contributed by atoms with E-state index in [4.69, 9.17) is 23.2 Å². The molecule has 0 aliphatic heterocycles. The molecule has 0 aromatic carbocycles. The van der Waals surface area contributed by atoms with E-state index in [9.17, 15) is 0 Å². The van der Waals surface area contributed by atoms with Crippen molar-refractivity contribution in [1.29, 1.82) is 0 Å². The van der Waals surface area contributed by atoms with Crippen LogP contribution in [-0.2, 0) is 0 Å². The van der Waals surface area contributed by atoms with Crippen LogP contribution in [0.1, 0.15) is 0 Å². The highest BCUT2D eigenvalue weighted by Gasteiger charge is 2.04. The van der Waals surface area contributed by atoms with E-state index < -0.39 is 0 Å².